The van der Waals surface area contributed by atoms with E-state index in [1.807, 2.05) is 35.7 Å². The lowest BCUT2D eigenvalue weighted by atomic mass is 10.1. The zero-order chi connectivity index (χ0) is 14.7. The molecule has 0 radical (unpaired) electrons. The lowest BCUT2D eigenvalue weighted by Crippen LogP contribution is -2.07. The third-order valence-corrected chi connectivity index (χ3v) is 3.61. The first-order valence-corrected chi connectivity index (χ1v) is 7.41. The van der Waals surface area contributed by atoms with Crippen molar-refractivity contribution in [2.24, 2.45) is 0 Å². The molecule has 3 rings (SSSR count). The van der Waals surface area contributed by atoms with E-state index < -0.39 is 6.10 Å². The van der Waals surface area contributed by atoms with Gasteiger partial charge in [-0.1, -0.05) is 30.3 Å². The van der Waals surface area contributed by atoms with Crippen LogP contribution in [0.1, 0.15) is 17.5 Å². The molecule has 1 atom stereocenters. The highest BCUT2D eigenvalue weighted by molar-refractivity contribution is 7.07. The molecule has 0 saturated heterocycles. The van der Waals surface area contributed by atoms with E-state index in [9.17, 15) is 5.11 Å². The highest BCUT2D eigenvalue weighted by Gasteiger charge is 2.20. The molecule has 1 unspecified atom stereocenters. The van der Waals surface area contributed by atoms with Crippen molar-refractivity contribution < 1.29 is 10.2 Å². The first kappa shape index (κ1) is 13.9. The summed E-state index contributed by atoms with van der Waals surface area (Å²) >= 11 is 1.46. The number of nitrogens with zero attached hydrogens (tertiary/aromatic N) is 4. The van der Waals surface area contributed by atoms with Gasteiger partial charge in [-0.05, 0) is 5.56 Å². The van der Waals surface area contributed by atoms with E-state index in [1.165, 1.54) is 11.3 Å². The van der Waals surface area contributed by atoms with Crippen LogP contribution >= 0.6 is 11.3 Å². The minimum absolute atomic E-state index is 0.0542. The van der Waals surface area contributed by atoms with Crippen molar-refractivity contribution in [1.29, 1.82) is 0 Å². The quantitative estimate of drug-likeness (QED) is 0.745. The van der Waals surface area contributed by atoms with Crippen molar-refractivity contribution in [2.45, 2.75) is 12.6 Å². The van der Waals surface area contributed by atoms with Gasteiger partial charge in [0.25, 0.3) is 0 Å². The average molecular weight is 302 g/mol. The van der Waals surface area contributed by atoms with Gasteiger partial charge in [0.05, 0.1) is 18.7 Å². The Morgan fingerprint density at radius 2 is 2.05 bits per heavy atom. The van der Waals surface area contributed by atoms with Gasteiger partial charge < -0.3 is 10.2 Å². The molecule has 0 bridgehead atoms. The molecule has 0 spiro atoms. The van der Waals surface area contributed by atoms with Gasteiger partial charge in [-0.3, -0.25) is 0 Å². The molecule has 21 heavy (non-hydrogen) atoms. The van der Waals surface area contributed by atoms with Crippen LogP contribution < -0.4 is 0 Å². The van der Waals surface area contributed by atoms with Gasteiger partial charge in [-0.15, -0.1) is 11.3 Å². The second kappa shape index (κ2) is 6.13. The molecule has 1 aromatic carbocycles. The van der Waals surface area contributed by atoms with E-state index in [4.69, 9.17) is 5.11 Å². The minimum Gasteiger partial charge on any atom is -0.394 e. The second-order valence-corrected chi connectivity index (χ2v) is 5.15. The van der Waals surface area contributed by atoms with Gasteiger partial charge in [0.15, 0.2) is 11.6 Å². The zero-order valence-corrected chi connectivity index (χ0v) is 11.9. The maximum atomic E-state index is 10.4. The minimum atomic E-state index is -0.900. The Bertz CT molecular complexity index is 697. The van der Waals surface area contributed by atoms with Crippen LogP contribution in [0.4, 0.5) is 0 Å². The molecule has 0 aliphatic carbocycles. The summed E-state index contributed by atoms with van der Waals surface area (Å²) in [6.45, 7) is 0.253. The fourth-order valence-corrected chi connectivity index (χ4v) is 2.55. The number of aliphatic hydroxyl groups is 2. The molecular weight excluding hydrogens is 288 g/mol. The summed E-state index contributed by atoms with van der Waals surface area (Å²) in [6, 6.07) is 9.23. The maximum absolute atomic E-state index is 10.4. The molecule has 7 heteroatoms. The summed E-state index contributed by atoms with van der Waals surface area (Å²) in [4.78, 5) is 8.59. The second-order valence-electron chi connectivity index (χ2n) is 4.43. The number of aromatic nitrogens is 4. The number of thiazole rings is 1. The molecule has 0 amide bonds. The number of benzene rings is 1. The molecule has 2 N–H and O–H groups in total. The van der Waals surface area contributed by atoms with E-state index in [1.54, 1.807) is 10.2 Å². The molecular formula is C14H14N4O2S. The van der Waals surface area contributed by atoms with Crippen LogP contribution in [-0.4, -0.2) is 36.6 Å². The number of rotatable bonds is 5. The maximum Gasteiger partial charge on any atom is 0.184 e. The monoisotopic (exact) mass is 302 g/mol. The predicted molar refractivity (Wildman–Crippen MR) is 78.7 cm³/mol. The standard InChI is InChI=1S/C14H14N4O2S/c19-7-6-18-14(11-8-21-9-15-11)16-13(17-18)12(20)10-4-2-1-3-5-10/h1-5,8-9,12,19-20H,6-7H2. The van der Waals surface area contributed by atoms with Crippen molar-refractivity contribution in [2.75, 3.05) is 6.61 Å². The average Bonchev–Trinajstić information content (AvgIpc) is 3.17. The number of hydrogen-bond donors (Lipinski definition) is 2. The first-order chi connectivity index (χ1) is 10.3. The van der Waals surface area contributed by atoms with Crippen LogP contribution in [0.2, 0.25) is 0 Å². The van der Waals surface area contributed by atoms with Crippen LogP contribution in [0.3, 0.4) is 0 Å². The highest BCUT2D eigenvalue weighted by atomic mass is 32.1. The van der Waals surface area contributed by atoms with Gasteiger partial charge in [0.2, 0.25) is 0 Å². The van der Waals surface area contributed by atoms with Gasteiger partial charge in [-0.25, -0.2) is 14.6 Å². The molecule has 2 heterocycles. The van der Waals surface area contributed by atoms with Crippen LogP contribution in [0.15, 0.2) is 41.2 Å². The van der Waals surface area contributed by atoms with Crippen molar-refractivity contribution in [3.8, 4) is 11.5 Å². The Hall–Kier alpha value is -2.09. The normalized spacial score (nSPS) is 12.5. The fraction of sp³-hybridized carbons (Fsp3) is 0.214. The molecule has 0 saturated carbocycles. The van der Waals surface area contributed by atoms with E-state index in [-0.39, 0.29) is 6.61 Å². The van der Waals surface area contributed by atoms with Crippen molar-refractivity contribution in [3.05, 3.63) is 52.6 Å². The number of hydrogen-bond acceptors (Lipinski definition) is 6. The van der Waals surface area contributed by atoms with E-state index in [0.29, 0.717) is 23.9 Å². The Kier molecular flexibility index (Phi) is 4.05. The SMILES string of the molecule is OCCn1nc(C(O)c2ccccc2)nc1-c1cscn1. The topological polar surface area (TPSA) is 84.1 Å². The lowest BCUT2D eigenvalue weighted by Gasteiger charge is -2.05. The summed E-state index contributed by atoms with van der Waals surface area (Å²) in [7, 11) is 0. The molecule has 3 aromatic rings. The summed E-state index contributed by atoms with van der Waals surface area (Å²) in [5.74, 6) is 0.855. The van der Waals surface area contributed by atoms with Gasteiger partial charge in [-0.2, -0.15) is 5.10 Å². The van der Waals surface area contributed by atoms with E-state index in [2.05, 4.69) is 15.1 Å². The summed E-state index contributed by atoms with van der Waals surface area (Å²) < 4.78 is 1.57. The lowest BCUT2D eigenvalue weighted by molar-refractivity contribution is 0.208. The Labute approximate surface area is 125 Å². The molecule has 108 valence electrons. The Morgan fingerprint density at radius 1 is 1.24 bits per heavy atom. The van der Waals surface area contributed by atoms with Crippen LogP contribution in [0, 0.1) is 0 Å². The predicted octanol–water partition coefficient (Wildman–Crippen LogP) is 1.48. The largest absolute Gasteiger partial charge is 0.394 e. The molecule has 6 nitrogen and oxygen atoms in total. The van der Waals surface area contributed by atoms with E-state index >= 15 is 0 Å². The van der Waals surface area contributed by atoms with Crippen LogP contribution in [0.5, 0.6) is 0 Å². The van der Waals surface area contributed by atoms with Crippen molar-refractivity contribution >= 4 is 11.3 Å². The Morgan fingerprint density at radius 3 is 2.71 bits per heavy atom. The third-order valence-electron chi connectivity index (χ3n) is 3.02. The number of aliphatic hydroxyl groups excluding tert-OH is 2. The smallest absolute Gasteiger partial charge is 0.184 e. The zero-order valence-electron chi connectivity index (χ0n) is 11.1. The summed E-state index contributed by atoms with van der Waals surface area (Å²) in [5.41, 5.74) is 3.12. The molecule has 0 fully saturated rings. The van der Waals surface area contributed by atoms with Gasteiger partial charge >= 0.3 is 0 Å². The molecule has 0 aliphatic rings. The highest BCUT2D eigenvalue weighted by Crippen LogP contribution is 2.23. The van der Waals surface area contributed by atoms with Crippen LogP contribution in [0.25, 0.3) is 11.5 Å². The van der Waals surface area contributed by atoms with Gasteiger partial charge in [0, 0.05) is 5.38 Å². The van der Waals surface area contributed by atoms with E-state index in [0.717, 1.165) is 5.56 Å². The third kappa shape index (κ3) is 2.85. The Balaban J connectivity index is 1.98. The fourth-order valence-electron chi connectivity index (χ4n) is 2.02. The molecule has 0 aliphatic heterocycles. The first-order valence-electron chi connectivity index (χ1n) is 6.47. The van der Waals surface area contributed by atoms with Gasteiger partial charge in [0.1, 0.15) is 11.8 Å². The summed E-state index contributed by atoms with van der Waals surface area (Å²) in [6.07, 6.45) is -0.900. The van der Waals surface area contributed by atoms with Crippen molar-refractivity contribution in [3.63, 3.8) is 0 Å². The summed E-state index contributed by atoms with van der Waals surface area (Å²) in [5, 5.41) is 25.7. The van der Waals surface area contributed by atoms with Crippen LogP contribution in [-0.2, 0) is 6.54 Å². The van der Waals surface area contributed by atoms with Crippen molar-refractivity contribution in [1.82, 2.24) is 19.7 Å². The molecule has 2 aromatic heterocycles.